The van der Waals surface area contributed by atoms with Crippen molar-refractivity contribution >= 4 is 17.3 Å². The lowest BCUT2D eigenvalue weighted by molar-refractivity contribution is 0.112. The second-order valence-electron chi connectivity index (χ2n) is 5.57. The topological polar surface area (TPSA) is 39.4 Å². The molecule has 0 aliphatic carbocycles. The molecule has 0 spiro atoms. The average molecular weight is 294 g/mol. The Morgan fingerprint density at radius 2 is 1.91 bits per heavy atom. The third-order valence-corrected chi connectivity index (χ3v) is 3.88. The van der Waals surface area contributed by atoms with Gasteiger partial charge in [-0.15, -0.1) is 0 Å². The normalized spacial score (nSPS) is 11.1. The summed E-state index contributed by atoms with van der Waals surface area (Å²) in [7, 11) is 1.60. The Morgan fingerprint density at radius 3 is 2.59 bits per heavy atom. The van der Waals surface area contributed by atoms with Gasteiger partial charge in [-0.25, -0.2) is 0 Å². The summed E-state index contributed by atoms with van der Waals surface area (Å²) >= 11 is 0. The molecular formula is C19H18O3. The van der Waals surface area contributed by atoms with Crippen molar-refractivity contribution in [1.29, 1.82) is 0 Å². The van der Waals surface area contributed by atoms with Gasteiger partial charge in [0.15, 0.2) is 17.6 Å². The third kappa shape index (κ3) is 2.29. The van der Waals surface area contributed by atoms with Crippen LogP contribution in [0.1, 0.15) is 35.7 Å². The molecule has 0 radical (unpaired) electrons. The number of furan rings is 1. The molecule has 0 bridgehead atoms. The van der Waals surface area contributed by atoms with Gasteiger partial charge in [0.2, 0.25) is 0 Å². The van der Waals surface area contributed by atoms with Crippen LogP contribution < -0.4 is 4.74 Å². The van der Waals surface area contributed by atoms with E-state index in [1.54, 1.807) is 19.2 Å². The van der Waals surface area contributed by atoms with Crippen LogP contribution in [0, 0.1) is 0 Å². The highest BCUT2D eigenvalue weighted by Gasteiger charge is 2.16. The summed E-state index contributed by atoms with van der Waals surface area (Å²) in [5, 5.41) is 0.780. The molecule has 3 heteroatoms. The number of hydrogen-bond donors (Lipinski definition) is 0. The Labute approximate surface area is 129 Å². The van der Waals surface area contributed by atoms with Crippen molar-refractivity contribution in [3.8, 4) is 17.1 Å². The molecule has 0 saturated heterocycles. The van der Waals surface area contributed by atoms with Crippen LogP contribution in [0.4, 0.5) is 0 Å². The molecule has 2 aromatic carbocycles. The minimum absolute atomic E-state index is 0.386. The van der Waals surface area contributed by atoms with E-state index in [4.69, 9.17) is 9.15 Å². The second-order valence-corrected chi connectivity index (χ2v) is 5.57. The van der Waals surface area contributed by atoms with Gasteiger partial charge in [-0.3, -0.25) is 4.79 Å². The predicted octanol–water partition coefficient (Wildman–Crippen LogP) is 5.04. The van der Waals surface area contributed by atoms with E-state index in [9.17, 15) is 4.79 Å². The molecule has 3 nitrogen and oxygen atoms in total. The van der Waals surface area contributed by atoms with Crippen molar-refractivity contribution < 1.29 is 13.9 Å². The molecule has 0 aliphatic rings. The number of aldehydes is 1. The maximum absolute atomic E-state index is 11.3. The largest absolute Gasteiger partial charge is 0.493 e. The van der Waals surface area contributed by atoms with Gasteiger partial charge in [-0.05, 0) is 29.7 Å². The van der Waals surface area contributed by atoms with E-state index < -0.39 is 0 Å². The summed E-state index contributed by atoms with van der Waals surface area (Å²) in [4.78, 5) is 11.3. The second kappa shape index (κ2) is 5.68. The maximum atomic E-state index is 11.3. The summed E-state index contributed by atoms with van der Waals surface area (Å²) in [6.07, 6.45) is 0.843. The average Bonchev–Trinajstić information content (AvgIpc) is 2.99. The fraction of sp³-hybridized carbons (Fsp3) is 0.211. The number of carbonyl (C=O) groups excluding carboxylic acids is 1. The molecule has 0 fully saturated rings. The van der Waals surface area contributed by atoms with Crippen LogP contribution in [0.5, 0.6) is 5.75 Å². The number of hydrogen-bond acceptors (Lipinski definition) is 3. The summed E-state index contributed by atoms with van der Waals surface area (Å²) in [5.41, 5.74) is 3.48. The predicted molar refractivity (Wildman–Crippen MR) is 87.7 cm³/mol. The van der Waals surface area contributed by atoms with E-state index in [0.29, 0.717) is 22.8 Å². The van der Waals surface area contributed by atoms with E-state index in [-0.39, 0.29) is 0 Å². The van der Waals surface area contributed by atoms with E-state index in [2.05, 4.69) is 19.9 Å². The van der Waals surface area contributed by atoms with Gasteiger partial charge in [-0.2, -0.15) is 0 Å². The van der Waals surface area contributed by atoms with Crippen LogP contribution in [-0.4, -0.2) is 13.4 Å². The van der Waals surface area contributed by atoms with Crippen LogP contribution in [0.3, 0.4) is 0 Å². The van der Waals surface area contributed by atoms with Crippen molar-refractivity contribution in [1.82, 2.24) is 0 Å². The first-order valence-electron chi connectivity index (χ1n) is 7.30. The zero-order valence-electron chi connectivity index (χ0n) is 12.9. The number of fused-ring (bicyclic) bond motifs is 1. The molecule has 0 aliphatic heterocycles. The minimum Gasteiger partial charge on any atom is -0.493 e. The van der Waals surface area contributed by atoms with Gasteiger partial charge in [0.25, 0.3) is 0 Å². The Hall–Kier alpha value is -2.55. The molecular weight excluding hydrogens is 276 g/mol. The van der Waals surface area contributed by atoms with Gasteiger partial charge >= 0.3 is 0 Å². The number of ether oxygens (including phenoxy) is 1. The summed E-state index contributed by atoms with van der Waals surface area (Å²) in [5.74, 6) is 1.78. The molecule has 0 N–H and O–H groups in total. The molecule has 112 valence electrons. The van der Waals surface area contributed by atoms with Gasteiger partial charge < -0.3 is 9.15 Å². The lowest BCUT2D eigenvalue weighted by Crippen LogP contribution is -1.90. The van der Waals surface area contributed by atoms with E-state index in [1.807, 2.05) is 24.3 Å². The SMILES string of the molecule is COc1ccc(C=O)c2cc(-c3ccccc3C(C)C)oc12. The molecule has 1 aromatic heterocycles. The molecule has 0 saturated carbocycles. The van der Waals surface area contributed by atoms with Crippen LogP contribution in [-0.2, 0) is 0 Å². The zero-order chi connectivity index (χ0) is 15.7. The molecule has 0 unspecified atom stereocenters. The smallest absolute Gasteiger partial charge is 0.177 e. The zero-order valence-corrected chi connectivity index (χ0v) is 12.9. The first kappa shape index (κ1) is 14.4. The third-order valence-electron chi connectivity index (χ3n) is 3.88. The van der Waals surface area contributed by atoms with Crippen molar-refractivity contribution in [2.75, 3.05) is 7.11 Å². The van der Waals surface area contributed by atoms with Crippen molar-refractivity contribution in [3.05, 3.63) is 53.6 Å². The fourth-order valence-electron chi connectivity index (χ4n) is 2.74. The Balaban J connectivity index is 2.27. The van der Waals surface area contributed by atoms with Gasteiger partial charge in [-0.1, -0.05) is 38.1 Å². The number of methoxy groups -OCH3 is 1. The highest BCUT2D eigenvalue weighted by molar-refractivity contribution is 6.00. The molecule has 0 atom stereocenters. The van der Waals surface area contributed by atoms with Gasteiger partial charge in [0, 0.05) is 16.5 Å². The monoisotopic (exact) mass is 294 g/mol. The lowest BCUT2D eigenvalue weighted by Gasteiger charge is -2.10. The summed E-state index contributed by atoms with van der Waals surface area (Å²) in [6, 6.07) is 13.6. The quantitative estimate of drug-likeness (QED) is 0.632. The highest BCUT2D eigenvalue weighted by Crippen LogP contribution is 2.37. The van der Waals surface area contributed by atoms with Crippen LogP contribution in [0.25, 0.3) is 22.3 Å². The van der Waals surface area contributed by atoms with E-state index in [0.717, 1.165) is 23.0 Å². The summed E-state index contributed by atoms with van der Waals surface area (Å²) in [6.45, 7) is 4.30. The maximum Gasteiger partial charge on any atom is 0.177 e. The van der Waals surface area contributed by atoms with Crippen LogP contribution in [0.15, 0.2) is 46.9 Å². The molecule has 1 heterocycles. The fourth-order valence-corrected chi connectivity index (χ4v) is 2.74. The van der Waals surface area contributed by atoms with Crippen LogP contribution in [0.2, 0.25) is 0 Å². The van der Waals surface area contributed by atoms with Crippen LogP contribution >= 0.6 is 0 Å². The number of rotatable bonds is 4. The minimum atomic E-state index is 0.386. The Bertz CT molecular complexity index is 828. The number of benzene rings is 2. The van der Waals surface area contributed by atoms with Gasteiger partial charge in [0.05, 0.1) is 7.11 Å². The Morgan fingerprint density at radius 1 is 1.14 bits per heavy atom. The Kier molecular flexibility index (Phi) is 3.72. The van der Waals surface area contributed by atoms with E-state index in [1.165, 1.54) is 5.56 Å². The number of carbonyl (C=O) groups is 1. The van der Waals surface area contributed by atoms with Gasteiger partial charge in [0.1, 0.15) is 5.76 Å². The lowest BCUT2D eigenvalue weighted by atomic mass is 9.96. The molecule has 0 amide bonds. The molecule has 22 heavy (non-hydrogen) atoms. The van der Waals surface area contributed by atoms with E-state index >= 15 is 0 Å². The highest BCUT2D eigenvalue weighted by atomic mass is 16.5. The van der Waals surface area contributed by atoms with Crippen molar-refractivity contribution in [3.63, 3.8) is 0 Å². The molecule has 3 aromatic rings. The first-order chi connectivity index (χ1) is 10.7. The standard InChI is InChI=1S/C19H18O3/c1-12(2)14-6-4-5-7-15(14)18-10-16-13(11-20)8-9-17(21-3)19(16)22-18/h4-12H,1-3H3. The summed E-state index contributed by atoms with van der Waals surface area (Å²) < 4.78 is 11.4. The molecule has 3 rings (SSSR count). The van der Waals surface area contributed by atoms with Crippen molar-refractivity contribution in [2.24, 2.45) is 0 Å². The first-order valence-corrected chi connectivity index (χ1v) is 7.30. The van der Waals surface area contributed by atoms with Crippen molar-refractivity contribution in [2.45, 2.75) is 19.8 Å².